The predicted molar refractivity (Wildman–Crippen MR) is 127 cm³/mol. The van der Waals surface area contributed by atoms with Crippen LogP contribution in [-0.2, 0) is 23.5 Å². The summed E-state index contributed by atoms with van der Waals surface area (Å²) in [5.74, 6) is -0.739. The maximum atomic E-state index is 13.1. The number of rotatable bonds is 7. The van der Waals surface area contributed by atoms with E-state index in [-0.39, 0.29) is 24.0 Å². The summed E-state index contributed by atoms with van der Waals surface area (Å²) in [4.78, 5) is 24.2. The van der Waals surface area contributed by atoms with Crippen molar-refractivity contribution in [2.45, 2.75) is 50.5 Å². The molecule has 0 radical (unpaired) electrons. The number of esters is 1. The third kappa shape index (κ3) is 4.10. The smallest absolute Gasteiger partial charge is 0.302 e. The Kier molecular flexibility index (Phi) is 6.18. The Morgan fingerprint density at radius 3 is 2.09 bits per heavy atom. The summed E-state index contributed by atoms with van der Waals surface area (Å²) in [5, 5.41) is 12.7. The van der Waals surface area contributed by atoms with Gasteiger partial charge in [-0.05, 0) is 21.5 Å². The third-order valence-corrected chi connectivity index (χ3v) is 11.5. The molecule has 33 heavy (non-hydrogen) atoms. The lowest BCUT2D eigenvalue weighted by molar-refractivity contribution is -0.140. The second-order valence-electron chi connectivity index (χ2n) is 9.69. The summed E-state index contributed by atoms with van der Waals surface area (Å²) >= 11 is 0. The number of epoxide rings is 1. The van der Waals surface area contributed by atoms with Crippen molar-refractivity contribution in [3.63, 3.8) is 0 Å². The van der Waals surface area contributed by atoms with Gasteiger partial charge in [-0.15, -0.1) is 0 Å². The number of aliphatic hydroxyl groups is 1. The molecule has 1 aliphatic heterocycles. The van der Waals surface area contributed by atoms with Crippen molar-refractivity contribution >= 4 is 30.4 Å². The van der Waals surface area contributed by atoms with Gasteiger partial charge >= 0.3 is 5.97 Å². The Labute approximate surface area is 195 Å². The average Bonchev–Trinajstić information content (AvgIpc) is 3.53. The van der Waals surface area contributed by atoms with E-state index in [9.17, 15) is 14.7 Å². The predicted octanol–water partition coefficient (Wildman–Crippen LogP) is 2.13. The minimum Gasteiger partial charge on any atom is -0.461 e. The van der Waals surface area contributed by atoms with Crippen molar-refractivity contribution in [1.29, 1.82) is 0 Å². The minimum absolute atomic E-state index is 0.0399. The van der Waals surface area contributed by atoms with Crippen molar-refractivity contribution in [2.75, 3.05) is 13.2 Å². The summed E-state index contributed by atoms with van der Waals surface area (Å²) in [5.41, 5.74) is -0.870. The van der Waals surface area contributed by atoms with E-state index in [1.807, 2.05) is 36.4 Å². The number of aliphatic hydroxyl groups excluding tert-OH is 1. The number of ether oxygens (including phenoxy) is 2. The van der Waals surface area contributed by atoms with Gasteiger partial charge in [0, 0.05) is 12.5 Å². The normalized spacial score (nSPS) is 24.6. The molecule has 1 heterocycles. The first-order valence-electron chi connectivity index (χ1n) is 11.1. The van der Waals surface area contributed by atoms with Gasteiger partial charge < -0.3 is 19.0 Å². The molecule has 0 spiro atoms. The van der Waals surface area contributed by atoms with Crippen LogP contribution in [0.25, 0.3) is 0 Å². The van der Waals surface area contributed by atoms with Crippen LogP contribution >= 0.6 is 0 Å². The second kappa shape index (κ2) is 8.65. The van der Waals surface area contributed by atoms with Gasteiger partial charge in [0.05, 0.1) is 6.61 Å². The molecule has 0 amide bonds. The lowest BCUT2D eigenvalue weighted by atomic mass is 9.87. The van der Waals surface area contributed by atoms with E-state index in [1.165, 1.54) is 13.0 Å². The molecule has 0 bridgehead atoms. The maximum absolute atomic E-state index is 13.1. The average molecular weight is 467 g/mol. The molecule has 6 nitrogen and oxygen atoms in total. The minimum atomic E-state index is -2.86. The Morgan fingerprint density at radius 1 is 1.06 bits per heavy atom. The summed E-state index contributed by atoms with van der Waals surface area (Å²) < 4.78 is 17.7. The Bertz CT molecular complexity index is 1020. The largest absolute Gasteiger partial charge is 0.461 e. The van der Waals surface area contributed by atoms with Crippen LogP contribution in [0, 0.1) is 0 Å². The van der Waals surface area contributed by atoms with Crippen LogP contribution in [-0.4, -0.2) is 56.2 Å². The molecule has 3 atom stereocenters. The summed E-state index contributed by atoms with van der Waals surface area (Å²) in [6.07, 6.45) is -0.394. The Balaban J connectivity index is 1.68. The first-order valence-corrected chi connectivity index (χ1v) is 13.0. The quantitative estimate of drug-likeness (QED) is 0.382. The molecule has 0 aromatic heterocycles. The number of hydrogen-bond acceptors (Lipinski definition) is 6. The molecule has 0 saturated carbocycles. The van der Waals surface area contributed by atoms with Crippen LogP contribution in [0.3, 0.4) is 0 Å². The molecule has 174 valence electrons. The topological polar surface area (TPSA) is 85.4 Å². The van der Waals surface area contributed by atoms with Crippen LogP contribution < -0.4 is 10.4 Å². The van der Waals surface area contributed by atoms with E-state index in [4.69, 9.17) is 13.9 Å². The zero-order valence-electron chi connectivity index (χ0n) is 19.4. The molecular weight excluding hydrogens is 436 g/mol. The number of carbonyl (C=O) groups is 2. The van der Waals surface area contributed by atoms with Gasteiger partial charge in [-0.3, -0.25) is 9.59 Å². The highest BCUT2D eigenvalue weighted by atomic mass is 28.4. The van der Waals surface area contributed by atoms with Crippen LogP contribution in [0.4, 0.5) is 0 Å². The summed E-state index contributed by atoms with van der Waals surface area (Å²) in [7, 11) is -2.86. The Hall–Kier alpha value is -2.58. The molecule has 1 fully saturated rings. The first kappa shape index (κ1) is 23.6. The van der Waals surface area contributed by atoms with Gasteiger partial charge in [-0.2, -0.15) is 0 Å². The van der Waals surface area contributed by atoms with E-state index in [2.05, 4.69) is 45.0 Å². The third-order valence-electron chi connectivity index (χ3n) is 6.50. The van der Waals surface area contributed by atoms with E-state index >= 15 is 0 Å². The molecule has 2 aromatic carbocycles. The highest BCUT2D eigenvalue weighted by molar-refractivity contribution is 6.99. The van der Waals surface area contributed by atoms with Crippen molar-refractivity contribution in [2.24, 2.45) is 0 Å². The van der Waals surface area contributed by atoms with Crippen molar-refractivity contribution in [3.8, 4) is 0 Å². The van der Waals surface area contributed by atoms with Gasteiger partial charge in [0.1, 0.15) is 18.8 Å². The number of fused-ring (bicyclic) bond motifs is 1. The van der Waals surface area contributed by atoms with Gasteiger partial charge in [0.15, 0.2) is 11.4 Å². The fourth-order valence-corrected chi connectivity index (χ4v) is 9.34. The van der Waals surface area contributed by atoms with Gasteiger partial charge in [-0.1, -0.05) is 81.4 Å². The summed E-state index contributed by atoms with van der Waals surface area (Å²) in [6.45, 7) is 7.68. The van der Waals surface area contributed by atoms with Gasteiger partial charge in [0.2, 0.25) is 0 Å². The lowest BCUT2D eigenvalue weighted by Gasteiger charge is -2.43. The van der Waals surface area contributed by atoms with Crippen molar-refractivity contribution in [1.82, 2.24) is 0 Å². The molecule has 2 aromatic rings. The highest BCUT2D eigenvalue weighted by Crippen LogP contribution is 2.47. The lowest BCUT2D eigenvalue weighted by Crippen LogP contribution is -2.67. The summed E-state index contributed by atoms with van der Waals surface area (Å²) in [6, 6.07) is 20.3. The second-order valence-corrected chi connectivity index (χ2v) is 14.0. The molecule has 7 heteroatoms. The van der Waals surface area contributed by atoms with Crippen LogP contribution in [0.15, 0.2) is 72.3 Å². The zero-order valence-corrected chi connectivity index (χ0v) is 20.4. The molecule has 4 rings (SSSR count). The fourth-order valence-electron chi connectivity index (χ4n) is 4.76. The highest BCUT2D eigenvalue weighted by Gasteiger charge is 2.68. The van der Waals surface area contributed by atoms with Crippen LogP contribution in [0.5, 0.6) is 0 Å². The Morgan fingerprint density at radius 2 is 1.61 bits per heavy atom. The first-order chi connectivity index (χ1) is 15.6. The van der Waals surface area contributed by atoms with E-state index < -0.39 is 32.1 Å². The number of carbonyl (C=O) groups excluding carboxylic acids is 2. The molecule has 1 saturated heterocycles. The molecule has 1 N–H and O–H groups in total. The standard InChI is InChI=1S/C26H30O6Si/c1-18(27)30-16-19-15-22(28)26(24(32-26)23(19)29)17-31-33(25(2,3)4,20-11-7-5-8-12-20)21-13-9-6-10-14-21/h5-15,23-24,29H,16-17H2,1-4H3/t23-,24+,26-/m1/s1. The van der Waals surface area contributed by atoms with Crippen LogP contribution in [0.2, 0.25) is 5.04 Å². The molecule has 2 aliphatic rings. The fraction of sp³-hybridized carbons (Fsp3) is 0.385. The number of benzene rings is 2. The molecule has 1 aliphatic carbocycles. The van der Waals surface area contributed by atoms with Gasteiger partial charge in [0.25, 0.3) is 8.32 Å². The maximum Gasteiger partial charge on any atom is 0.302 e. The molecule has 0 unspecified atom stereocenters. The van der Waals surface area contributed by atoms with E-state index in [0.717, 1.165) is 10.4 Å². The van der Waals surface area contributed by atoms with Gasteiger partial charge in [-0.25, -0.2) is 0 Å². The van der Waals surface area contributed by atoms with Crippen molar-refractivity contribution in [3.05, 3.63) is 72.3 Å². The van der Waals surface area contributed by atoms with Crippen LogP contribution in [0.1, 0.15) is 27.7 Å². The zero-order chi connectivity index (χ0) is 23.9. The van der Waals surface area contributed by atoms with E-state index in [0.29, 0.717) is 5.57 Å². The molecular formula is C26H30O6Si. The number of hydrogen-bond donors (Lipinski definition) is 1. The SMILES string of the molecule is CC(=O)OCC1=CC(=O)[C@@]2(CO[Si](c3ccccc3)(c3ccccc3)C(C)(C)C)O[C@H]2[C@@H]1O. The monoisotopic (exact) mass is 466 g/mol. The van der Waals surface area contributed by atoms with E-state index in [1.54, 1.807) is 0 Å². The van der Waals surface area contributed by atoms with Crippen molar-refractivity contribution < 1.29 is 28.6 Å². The number of ketones is 1.